The molecule has 0 unspecified atom stereocenters. The second kappa shape index (κ2) is 6.22. The van der Waals surface area contributed by atoms with Crippen LogP contribution in [0, 0.1) is 0 Å². The van der Waals surface area contributed by atoms with Gasteiger partial charge in [0, 0.05) is 5.02 Å². The third-order valence-corrected chi connectivity index (χ3v) is 2.27. The second-order valence-corrected chi connectivity index (χ2v) is 3.87. The number of carboxylic acids is 1. The highest BCUT2D eigenvalue weighted by atomic mass is 35.5. The Morgan fingerprint density at radius 1 is 1.35 bits per heavy atom. The highest BCUT2D eigenvalue weighted by Gasteiger charge is 2.17. The third kappa shape index (κ3) is 4.84. The summed E-state index contributed by atoms with van der Waals surface area (Å²) in [7, 11) is 0. The van der Waals surface area contributed by atoms with Gasteiger partial charge in [0.05, 0.1) is 6.42 Å². The lowest BCUT2D eigenvalue weighted by Crippen LogP contribution is -2.33. The maximum Gasteiger partial charge on any atom is 0.321 e. The van der Waals surface area contributed by atoms with Crippen molar-refractivity contribution in [1.29, 1.82) is 0 Å². The first kappa shape index (κ1) is 13.5. The zero-order chi connectivity index (χ0) is 12.8. The summed E-state index contributed by atoms with van der Waals surface area (Å²) >= 11 is 5.69. The van der Waals surface area contributed by atoms with Crippen LogP contribution >= 0.6 is 11.6 Å². The van der Waals surface area contributed by atoms with E-state index in [0.717, 1.165) is 5.56 Å². The number of hydrogen-bond acceptors (Lipinski definition) is 4. The Morgan fingerprint density at radius 2 is 1.94 bits per heavy atom. The fraction of sp³-hybridized carbons (Fsp3) is 0.273. The molecular formula is C11H12ClNO4. The lowest BCUT2D eigenvalue weighted by molar-refractivity contribution is -0.149. The third-order valence-electron chi connectivity index (χ3n) is 2.02. The molecule has 0 saturated heterocycles. The Kier molecular flexibility index (Phi) is 4.93. The van der Waals surface area contributed by atoms with E-state index in [-0.39, 0.29) is 13.0 Å². The van der Waals surface area contributed by atoms with Gasteiger partial charge >= 0.3 is 11.9 Å². The van der Waals surface area contributed by atoms with E-state index in [1.54, 1.807) is 24.3 Å². The van der Waals surface area contributed by atoms with Crippen molar-refractivity contribution in [2.75, 3.05) is 0 Å². The van der Waals surface area contributed by atoms with Gasteiger partial charge in [-0.2, -0.15) is 0 Å². The summed E-state index contributed by atoms with van der Waals surface area (Å²) in [6, 6.07) is 5.55. The van der Waals surface area contributed by atoms with Crippen LogP contribution in [0.5, 0.6) is 0 Å². The van der Waals surface area contributed by atoms with Crippen molar-refractivity contribution in [1.82, 2.24) is 0 Å². The molecule has 0 fully saturated rings. The summed E-state index contributed by atoms with van der Waals surface area (Å²) in [5, 5.41) is 9.09. The van der Waals surface area contributed by atoms with E-state index < -0.39 is 18.0 Å². The number of rotatable bonds is 5. The molecule has 0 aliphatic carbocycles. The summed E-state index contributed by atoms with van der Waals surface area (Å²) < 4.78 is 4.86. The number of carbonyl (C=O) groups excluding carboxylic acids is 1. The van der Waals surface area contributed by atoms with Crippen LogP contribution in [-0.4, -0.2) is 23.1 Å². The molecule has 0 aromatic heterocycles. The van der Waals surface area contributed by atoms with E-state index in [1.165, 1.54) is 0 Å². The molecule has 5 nitrogen and oxygen atoms in total. The number of aliphatic carboxylic acids is 1. The molecule has 1 rings (SSSR count). The summed E-state index contributed by atoms with van der Waals surface area (Å²) in [4.78, 5) is 21.6. The maximum absolute atomic E-state index is 11.2. The molecule has 0 aliphatic rings. The molecule has 0 amide bonds. The Hall–Kier alpha value is -1.59. The predicted octanol–water partition coefficient (Wildman–Crippen LogP) is 1.19. The number of benzene rings is 1. The first-order valence-electron chi connectivity index (χ1n) is 4.87. The minimum atomic E-state index is -1.23. The molecule has 1 atom stereocenters. The summed E-state index contributed by atoms with van der Waals surface area (Å²) in [6.07, 6.45) is -0.344. The van der Waals surface area contributed by atoms with Crippen LogP contribution in [-0.2, 0) is 20.9 Å². The number of nitrogens with two attached hydrogens (primary N) is 1. The van der Waals surface area contributed by atoms with Gasteiger partial charge in [0.1, 0.15) is 12.6 Å². The lowest BCUT2D eigenvalue weighted by atomic mass is 10.2. The van der Waals surface area contributed by atoms with E-state index in [0.29, 0.717) is 5.02 Å². The van der Waals surface area contributed by atoms with Gasteiger partial charge in [0.15, 0.2) is 0 Å². The van der Waals surface area contributed by atoms with Crippen molar-refractivity contribution in [3.63, 3.8) is 0 Å². The molecule has 0 radical (unpaired) electrons. The van der Waals surface area contributed by atoms with Gasteiger partial charge in [-0.15, -0.1) is 0 Å². The van der Waals surface area contributed by atoms with Crippen molar-refractivity contribution in [2.45, 2.75) is 19.1 Å². The topological polar surface area (TPSA) is 89.6 Å². The van der Waals surface area contributed by atoms with Gasteiger partial charge in [0.2, 0.25) is 0 Å². The van der Waals surface area contributed by atoms with Crippen molar-refractivity contribution < 1.29 is 19.4 Å². The first-order chi connectivity index (χ1) is 7.99. The average Bonchev–Trinajstić information content (AvgIpc) is 2.28. The summed E-state index contributed by atoms with van der Waals surface area (Å²) in [5.41, 5.74) is 5.96. The summed E-state index contributed by atoms with van der Waals surface area (Å²) in [5.74, 6) is -1.87. The SMILES string of the molecule is N[C@@H](CC(=O)OCc1ccc(Cl)cc1)C(=O)O. The molecule has 0 bridgehead atoms. The highest BCUT2D eigenvalue weighted by molar-refractivity contribution is 6.30. The smallest absolute Gasteiger partial charge is 0.321 e. The van der Waals surface area contributed by atoms with Gasteiger partial charge in [-0.3, -0.25) is 9.59 Å². The predicted molar refractivity (Wildman–Crippen MR) is 61.5 cm³/mol. The van der Waals surface area contributed by atoms with Crippen molar-refractivity contribution in [3.8, 4) is 0 Å². The number of hydrogen-bond donors (Lipinski definition) is 2. The average molecular weight is 258 g/mol. The number of carbonyl (C=O) groups is 2. The number of carboxylic acid groups (broad SMARTS) is 1. The zero-order valence-corrected chi connectivity index (χ0v) is 9.68. The molecule has 1 aromatic rings. The molecule has 17 heavy (non-hydrogen) atoms. The standard InChI is InChI=1S/C11H12ClNO4/c12-8-3-1-7(2-4-8)6-17-10(14)5-9(13)11(15)16/h1-4,9H,5-6,13H2,(H,15,16)/t9-/m0/s1. The Balaban J connectivity index is 2.38. The van der Waals surface area contributed by atoms with Gasteiger partial charge in [-0.05, 0) is 17.7 Å². The molecule has 0 aliphatic heterocycles. The van der Waals surface area contributed by atoms with Gasteiger partial charge in [0.25, 0.3) is 0 Å². The number of esters is 1. The number of halogens is 1. The van der Waals surface area contributed by atoms with E-state index in [4.69, 9.17) is 27.2 Å². The van der Waals surface area contributed by atoms with Crippen LogP contribution in [0.15, 0.2) is 24.3 Å². The van der Waals surface area contributed by atoms with Crippen LogP contribution in [0.3, 0.4) is 0 Å². The van der Waals surface area contributed by atoms with Crippen molar-refractivity contribution >= 4 is 23.5 Å². The van der Waals surface area contributed by atoms with Crippen LogP contribution in [0.25, 0.3) is 0 Å². The van der Waals surface area contributed by atoms with Gasteiger partial charge in [-0.1, -0.05) is 23.7 Å². The van der Waals surface area contributed by atoms with E-state index in [1.807, 2.05) is 0 Å². The van der Waals surface area contributed by atoms with Crippen molar-refractivity contribution in [2.24, 2.45) is 5.73 Å². The molecular weight excluding hydrogens is 246 g/mol. The highest BCUT2D eigenvalue weighted by Crippen LogP contribution is 2.10. The van der Waals surface area contributed by atoms with Crippen LogP contribution in [0.4, 0.5) is 0 Å². The molecule has 3 N–H and O–H groups in total. The fourth-order valence-corrected chi connectivity index (χ4v) is 1.20. The fourth-order valence-electron chi connectivity index (χ4n) is 1.07. The maximum atomic E-state index is 11.2. The van der Waals surface area contributed by atoms with Crippen molar-refractivity contribution in [3.05, 3.63) is 34.9 Å². The Bertz CT molecular complexity index is 404. The molecule has 0 spiro atoms. The van der Waals surface area contributed by atoms with Crippen LogP contribution in [0.1, 0.15) is 12.0 Å². The molecule has 6 heteroatoms. The largest absolute Gasteiger partial charge is 0.480 e. The lowest BCUT2D eigenvalue weighted by Gasteiger charge is -2.07. The first-order valence-corrected chi connectivity index (χ1v) is 5.25. The Morgan fingerprint density at radius 3 is 2.47 bits per heavy atom. The van der Waals surface area contributed by atoms with Crippen LogP contribution in [0.2, 0.25) is 5.02 Å². The van der Waals surface area contributed by atoms with Gasteiger partial charge in [-0.25, -0.2) is 0 Å². The molecule has 1 aromatic carbocycles. The molecule has 92 valence electrons. The van der Waals surface area contributed by atoms with E-state index in [2.05, 4.69) is 0 Å². The quantitative estimate of drug-likeness (QED) is 0.773. The number of ether oxygens (including phenoxy) is 1. The normalized spacial score (nSPS) is 11.9. The second-order valence-electron chi connectivity index (χ2n) is 3.44. The summed E-state index contributed by atoms with van der Waals surface area (Å²) in [6.45, 7) is 0.0718. The van der Waals surface area contributed by atoms with Crippen LogP contribution < -0.4 is 5.73 Å². The van der Waals surface area contributed by atoms with E-state index in [9.17, 15) is 9.59 Å². The monoisotopic (exact) mass is 257 g/mol. The Labute approximate surface area is 103 Å². The minimum absolute atomic E-state index is 0.0718. The minimum Gasteiger partial charge on any atom is -0.480 e. The van der Waals surface area contributed by atoms with E-state index >= 15 is 0 Å². The molecule has 0 saturated carbocycles. The molecule has 0 heterocycles. The zero-order valence-electron chi connectivity index (χ0n) is 8.93. The van der Waals surface area contributed by atoms with Gasteiger partial charge < -0.3 is 15.6 Å².